The lowest BCUT2D eigenvalue weighted by atomic mass is 10.1. The molecule has 26 heavy (non-hydrogen) atoms. The van der Waals surface area contributed by atoms with E-state index in [1.54, 1.807) is 42.5 Å². The topological polar surface area (TPSA) is 71.7 Å². The number of furan rings is 1. The quantitative estimate of drug-likeness (QED) is 0.603. The van der Waals surface area contributed by atoms with Gasteiger partial charge in [0.05, 0.1) is 11.1 Å². The molecule has 0 radical (unpaired) electrons. The molecule has 0 saturated heterocycles. The summed E-state index contributed by atoms with van der Waals surface area (Å²) in [4.78, 5) is 12.4. The lowest BCUT2D eigenvalue weighted by Crippen LogP contribution is -2.11. The van der Waals surface area contributed by atoms with E-state index in [9.17, 15) is 4.79 Å². The molecule has 0 unspecified atom stereocenters. The van der Waals surface area contributed by atoms with Gasteiger partial charge in [0.15, 0.2) is 0 Å². The van der Waals surface area contributed by atoms with Gasteiger partial charge in [0, 0.05) is 16.8 Å². The van der Waals surface area contributed by atoms with Gasteiger partial charge in [-0.2, -0.15) is 0 Å². The van der Waals surface area contributed by atoms with E-state index in [0.29, 0.717) is 35.1 Å². The van der Waals surface area contributed by atoms with Gasteiger partial charge in [-0.05, 0) is 77.5 Å². The van der Waals surface area contributed by atoms with Crippen molar-refractivity contribution in [1.29, 1.82) is 0 Å². The highest BCUT2D eigenvalue weighted by molar-refractivity contribution is 9.10. The van der Waals surface area contributed by atoms with Gasteiger partial charge in [0.1, 0.15) is 23.9 Å². The van der Waals surface area contributed by atoms with Crippen LogP contribution in [0.15, 0.2) is 63.5 Å². The van der Waals surface area contributed by atoms with Gasteiger partial charge in [0.25, 0.3) is 5.91 Å². The van der Waals surface area contributed by atoms with Gasteiger partial charge >= 0.3 is 0 Å². The monoisotopic (exact) mass is 415 g/mol. The van der Waals surface area contributed by atoms with E-state index in [4.69, 9.17) is 14.3 Å². The first kappa shape index (κ1) is 18.2. The largest absolute Gasteiger partial charge is 0.493 e. The van der Waals surface area contributed by atoms with Crippen LogP contribution >= 0.6 is 15.9 Å². The molecule has 0 spiro atoms. The van der Waals surface area contributed by atoms with Crippen LogP contribution in [0.5, 0.6) is 5.75 Å². The Labute approximate surface area is 159 Å². The Kier molecular flexibility index (Phi) is 5.75. The number of rotatable bonds is 6. The first-order valence-corrected chi connectivity index (χ1v) is 8.93. The second kappa shape index (κ2) is 8.21. The molecule has 0 aliphatic carbocycles. The van der Waals surface area contributed by atoms with E-state index in [-0.39, 0.29) is 12.5 Å². The number of anilines is 1. The minimum atomic E-state index is -0.206. The van der Waals surface area contributed by atoms with Crippen molar-refractivity contribution in [2.45, 2.75) is 13.5 Å². The Bertz CT molecular complexity index is 902. The van der Waals surface area contributed by atoms with E-state index in [1.807, 2.05) is 19.1 Å². The minimum absolute atomic E-state index is 0.133. The summed E-state index contributed by atoms with van der Waals surface area (Å²) in [6.07, 6.45) is 0. The highest BCUT2D eigenvalue weighted by Crippen LogP contribution is 2.27. The van der Waals surface area contributed by atoms with Crippen LogP contribution in [0, 0.1) is 0 Å². The molecule has 3 aromatic rings. The Morgan fingerprint density at radius 3 is 2.54 bits per heavy atom. The van der Waals surface area contributed by atoms with Crippen molar-refractivity contribution in [1.82, 2.24) is 0 Å². The third kappa shape index (κ3) is 4.15. The maximum absolute atomic E-state index is 12.4. The van der Waals surface area contributed by atoms with Crippen molar-refractivity contribution < 1.29 is 19.1 Å². The lowest BCUT2D eigenvalue weighted by molar-refractivity contribution is 0.102. The van der Waals surface area contributed by atoms with Gasteiger partial charge in [0.2, 0.25) is 0 Å². The number of ether oxygens (including phenoxy) is 1. The van der Waals surface area contributed by atoms with Gasteiger partial charge in [-0.15, -0.1) is 0 Å². The fourth-order valence-corrected chi connectivity index (χ4v) is 2.95. The molecular formula is C20H18BrNO4. The number of carbonyl (C=O) groups excluding carboxylic acids is 1. The predicted molar refractivity (Wildman–Crippen MR) is 103 cm³/mol. The molecule has 1 amide bonds. The van der Waals surface area contributed by atoms with E-state index < -0.39 is 0 Å². The molecular weight excluding hydrogens is 398 g/mol. The van der Waals surface area contributed by atoms with Crippen LogP contribution in [0.25, 0.3) is 11.3 Å². The molecule has 6 heteroatoms. The van der Waals surface area contributed by atoms with Crippen molar-refractivity contribution in [2.75, 3.05) is 11.9 Å². The smallest absolute Gasteiger partial charge is 0.255 e. The van der Waals surface area contributed by atoms with Crippen molar-refractivity contribution in [3.8, 4) is 17.1 Å². The zero-order valence-electron chi connectivity index (χ0n) is 14.2. The fourth-order valence-electron chi connectivity index (χ4n) is 2.45. The summed E-state index contributed by atoms with van der Waals surface area (Å²) in [5.41, 5.74) is 2.08. The third-order valence-electron chi connectivity index (χ3n) is 3.74. The van der Waals surface area contributed by atoms with Gasteiger partial charge in [-0.25, -0.2) is 0 Å². The third-order valence-corrected chi connectivity index (χ3v) is 4.36. The summed E-state index contributed by atoms with van der Waals surface area (Å²) in [7, 11) is 0. The zero-order chi connectivity index (χ0) is 18.5. The second-order valence-electron chi connectivity index (χ2n) is 5.53. The number of carbonyl (C=O) groups is 1. The summed E-state index contributed by atoms with van der Waals surface area (Å²) < 4.78 is 11.7. The van der Waals surface area contributed by atoms with Crippen molar-refractivity contribution >= 4 is 27.5 Å². The van der Waals surface area contributed by atoms with Crippen LogP contribution in [0.1, 0.15) is 23.0 Å². The molecule has 5 nitrogen and oxygen atoms in total. The fraction of sp³-hybridized carbons (Fsp3) is 0.150. The molecule has 1 aromatic heterocycles. The molecule has 2 aromatic carbocycles. The molecule has 0 aliphatic heterocycles. The average molecular weight is 416 g/mol. The standard InChI is InChI=1S/C20H18BrNO4/c1-2-25-19-9-5-14(11-17(19)21)20(24)22-15-6-3-13(4-7-15)18-10-8-16(12-23)26-18/h3-11,23H,2,12H2,1H3,(H,22,24). The number of halogens is 1. The zero-order valence-corrected chi connectivity index (χ0v) is 15.7. The van der Waals surface area contributed by atoms with E-state index in [0.717, 1.165) is 10.0 Å². The number of nitrogens with one attached hydrogen (secondary N) is 1. The van der Waals surface area contributed by atoms with Crippen LogP contribution < -0.4 is 10.1 Å². The molecule has 3 rings (SSSR count). The van der Waals surface area contributed by atoms with Gasteiger partial charge in [-0.3, -0.25) is 4.79 Å². The van der Waals surface area contributed by atoms with Gasteiger partial charge < -0.3 is 19.6 Å². The summed E-state index contributed by atoms with van der Waals surface area (Å²) in [5.74, 6) is 1.68. The van der Waals surface area contributed by atoms with E-state index in [1.165, 1.54) is 0 Å². The number of hydrogen-bond donors (Lipinski definition) is 2. The van der Waals surface area contributed by atoms with E-state index in [2.05, 4.69) is 21.2 Å². The predicted octanol–water partition coefficient (Wildman–Crippen LogP) is 4.85. The summed E-state index contributed by atoms with van der Waals surface area (Å²) >= 11 is 3.41. The summed E-state index contributed by atoms with van der Waals surface area (Å²) in [6, 6.07) is 16.1. The molecule has 0 atom stereocenters. The minimum Gasteiger partial charge on any atom is -0.493 e. The second-order valence-corrected chi connectivity index (χ2v) is 6.39. The highest BCUT2D eigenvalue weighted by atomic mass is 79.9. The van der Waals surface area contributed by atoms with Crippen LogP contribution in [0.2, 0.25) is 0 Å². The number of amides is 1. The SMILES string of the molecule is CCOc1ccc(C(=O)Nc2ccc(-c3ccc(CO)o3)cc2)cc1Br. The van der Waals surface area contributed by atoms with Crippen LogP contribution in [0.3, 0.4) is 0 Å². The average Bonchev–Trinajstić information content (AvgIpc) is 3.13. The molecule has 0 saturated carbocycles. The Morgan fingerprint density at radius 1 is 1.15 bits per heavy atom. The van der Waals surface area contributed by atoms with Crippen molar-refractivity contribution in [3.05, 3.63) is 70.4 Å². The van der Waals surface area contributed by atoms with Crippen LogP contribution in [-0.2, 0) is 6.61 Å². The molecule has 0 aliphatic rings. The molecule has 0 bridgehead atoms. The number of hydrogen-bond acceptors (Lipinski definition) is 4. The highest BCUT2D eigenvalue weighted by Gasteiger charge is 2.10. The molecule has 1 heterocycles. The first-order chi connectivity index (χ1) is 12.6. The number of aliphatic hydroxyl groups is 1. The Morgan fingerprint density at radius 2 is 1.92 bits per heavy atom. The molecule has 134 valence electrons. The van der Waals surface area contributed by atoms with Crippen LogP contribution in [-0.4, -0.2) is 17.6 Å². The summed E-state index contributed by atoms with van der Waals surface area (Å²) in [5, 5.41) is 11.9. The number of benzene rings is 2. The summed E-state index contributed by atoms with van der Waals surface area (Å²) in [6.45, 7) is 2.34. The number of aliphatic hydroxyl groups excluding tert-OH is 1. The normalized spacial score (nSPS) is 10.6. The van der Waals surface area contributed by atoms with Gasteiger partial charge in [-0.1, -0.05) is 0 Å². The van der Waals surface area contributed by atoms with Crippen LogP contribution in [0.4, 0.5) is 5.69 Å². The first-order valence-electron chi connectivity index (χ1n) is 8.14. The lowest BCUT2D eigenvalue weighted by Gasteiger charge is -2.09. The molecule has 2 N–H and O–H groups in total. The van der Waals surface area contributed by atoms with E-state index >= 15 is 0 Å². The Hall–Kier alpha value is -2.57. The van der Waals surface area contributed by atoms with Crippen molar-refractivity contribution in [3.63, 3.8) is 0 Å². The Balaban J connectivity index is 1.70. The maximum Gasteiger partial charge on any atom is 0.255 e. The molecule has 0 fully saturated rings. The maximum atomic E-state index is 12.4. The van der Waals surface area contributed by atoms with Crippen molar-refractivity contribution in [2.24, 2.45) is 0 Å².